The molecule has 0 aromatic rings. The molecular formula is C14H27NO4. The largest absolute Gasteiger partial charge is 0.481 e. The van der Waals surface area contributed by atoms with Gasteiger partial charge in [-0.3, -0.25) is 4.79 Å². The fourth-order valence-electron chi connectivity index (χ4n) is 2.10. The van der Waals surface area contributed by atoms with E-state index >= 15 is 0 Å². The lowest BCUT2D eigenvalue weighted by molar-refractivity contribution is -0.149. The van der Waals surface area contributed by atoms with E-state index in [9.17, 15) is 14.7 Å². The Morgan fingerprint density at radius 1 is 1.11 bits per heavy atom. The van der Waals surface area contributed by atoms with Crippen LogP contribution in [0.4, 0.5) is 4.79 Å². The molecule has 0 saturated carbocycles. The van der Waals surface area contributed by atoms with Crippen LogP contribution in [0.25, 0.3) is 0 Å². The summed E-state index contributed by atoms with van der Waals surface area (Å²) in [5.74, 6) is -0.854. The zero-order valence-corrected chi connectivity index (χ0v) is 12.7. The van der Waals surface area contributed by atoms with Crippen molar-refractivity contribution in [2.75, 3.05) is 6.54 Å². The van der Waals surface area contributed by atoms with Gasteiger partial charge < -0.3 is 15.2 Å². The Hall–Kier alpha value is -1.26. The molecule has 0 rings (SSSR count). The van der Waals surface area contributed by atoms with Crippen molar-refractivity contribution in [3.63, 3.8) is 0 Å². The third kappa shape index (κ3) is 6.45. The molecule has 2 N–H and O–H groups in total. The summed E-state index contributed by atoms with van der Waals surface area (Å²) in [5, 5.41) is 12.0. The maximum Gasteiger partial charge on any atom is 0.407 e. The van der Waals surface area contributed by atoms with Gasteiger partial charge in [0.15, 0.2) is 0 Å². The first-order valence-corrected chi connectivity index (χ1v) is 6.87. The minimum absolute atomic E-state index is 0.110. The lowest BCUT2D eigenvalue weighted by Crippen LogP contribution is -2.44. The van der Waals surface area contributed by atoms with E-state index < -0.39 is 23.1 Å². The molecule has 5 heteroatoms. The van der Waals surface area contributed by atoms with Crippen LogP contribution in [0.1, 0.15) is 60.3 Å². The topological polar surface area (TPSA) is 75.6 Å². The highest BCUT2D eigenvalue weighted by atomic mass is 16.6. The minimum atomic E-state index is -0.888. The van der Waals surface area contributed by atoms with Gasteiger partial charge in [-0.15, -0.1) is 0 Å². The van der Waals surface area contributed by atoms with Crippen molar-refractivity contribution in [3.05, 3.63) is 0 Å². The van der Waals surface area contributed by atoms with Gasteiger partial charge in [-0.1, -0.05) is 26.7 Å². The van der Waals surface area contributed by atoms with Gasteiger partial charge >= 0.3 is 12.1 Å². The van der Waals surface area contributed by atoms with Crippen LogP contribution in [-0.2, 0) is 9.53 Å². The number of carbonyl (C=O) groups excluding carboxylic acids is 1. The van der Waals surface area contributed by atoms with Crippen LogP contribution in [0, 0.1) is 5.41 Å². The molecule has 0 bridgehead atoms. The van der Waals surface area contributed by atoms with Gasteiger partial charge in [0, 0.05) is 6.54 Å². The maximum absolute atomic E-state index is 11.6. The van der Waals surface area contributed by atoms with E-state index in [1.165, 1.54) is 0 Å². The average Bonchev–Trinajstić information content (AvgIpc) is 2.23. The number of nitrogens with one attached hydrogen (secondary N) is 1. The predicted octanol–water partition coefficient (Wildman–Crippen LogP) is 3.18. The van der Waals surface area contributed by atoms with Crippen LogP contribution in [0.15, 0.2) is 0 Å². The Morgan fingerprint density at radius 2 is 1.58 bits per heavy atom. The number of carboxylic acid groups (broad SMARTS) is 1. The van der Waals surface area contributed by atoms with Gasteiger partial charge in [-0.25, -0.2) is 4.79 Å². The summed E-state index contributed by atoms with van der Waals surface area (Å²) in [6.45, 7) is 9.32. The number of hydrogen-bond acceptors (Lipinski definition) is 3. The fraction of sp³-hybridized carbons (Fsp3) is 0.857. The monoisotopic (exact) mass is 273 g/mol. The van der Waals surface area contributed by atoms with Crippen molar-refractivity contribution in [1.29, 1.82) is 0 Å². The average molecular weight is 273 g/mol. The van der Waals surface area contributed by atoms with Gasteiger partial charge in [0.2, 0.25) is 0 Å². The van der Waals surface area contributed by atoms with Crippen LogP contribution in [0.3, 0.4) is 0 Å². The number of carboxylic acids is 1. The van der Waals surface area contributed by atoms with Crippen LogP contribution in [0.5, 0.6) is 0 Å². The van der Waals surface area contributed by atoms with Crippen molar-refractivity contribution >= 4 is 12.1 Å². The van der Waals surface area contributed by atoms with Crippen molar-refractivity contribution < 1.29 is 19.4 Å². The summed E-state index contributed by atoms with van der Waals surface area (Å²) in [6.07, 6.45) is 2.06. The molecule has 0 radical (unpaired) electrons. The van der Waals surface area contributed by atoms with E-state index in [0.717, 1.165) is 12.8 Å². The Morgan fingerprint density at radius 3 is 1.89 bits per heavy atom. The number of hydrogen-bond donors (Lipinski definition) is 2. The van der Waals surface area contributed by atoms with E-state index in [2.05, 4.69) is 5.32 Å². The van der Waals surface area contributed by atoms with Crippen molar-refractivity contribution in [2.24, 2.45) is 5.41 Å². The molecule has 0 atom stereocenters. The molecule has 0 aromatic carbocycles. The zero-order valence-electron chi connectivity index (χ0n) is 12.7. The summed E-state index contributed by atoms with van der Waals surface area (Å²) >= 11 is 0. The van der Waals surface area contributed by atoms with E-state index in [1.807, 2.05) is 13.8 Å². The highest BCUT2D eigenvalue weighted by Crippen LogP contribution is 2.29. The molecule has 0 aliphatic rings. The Labute approximate surface area is 115 Å². The first-order chi connectivity index (χ1) is 8.67. The summed E-state index contributed by atoms with van der Waals surface area (Å²) < 4.78 is 5.13. The van der Waals surface area contributed by atoms with Crippen LogP contribution in [0.2, 0.25) is 0 Å². The molecule has 0 saturated heterocycles. The minimum Gasteiger partial charge on any atom is -0.481 e. The molecule has 5 nitrogen and oxygen atoms in total. The zero-order chi connectivity index (χ0) is 15.1. The number of alkyl carbamates (subject to hydrolysis) is 1. The van der Waals surface area contributed by atoms with E-state index in [1.54, 1.807) is 20.8 Å². The molecule has 0 unspecified atom stereocenters. The number of ether oxygens (including phenoxy) is 1. The number of rotatable bonds is 7. The lowest BCUT2D eigenvalue weighted by atomic mass is 9.79. The highest BCUT2D eigenvalue weighted by Gasteiger charge is 2.37. The third-order valence-corrected chi connectivity index (χ3v) is 2.88. The fourth-order valence-corrected chi connectivity index (χ4v) is 2.10. The van der Waals surface area contributed by atoms with E-state index in [-0.39, 0.29) is 6.54 Å². The van der Waals surface area contributed by atoms with Gasteiger partial charge in [0.05, 0.1) is 5.41 Å². The molecule has 0 aliphatic heterocycles. The molecule has 0 spiro atoms. The van der Waals surface area contributed by atoms with Crippen molar-refractivity contribution in [3.8, 4) is 0 Å². The summed E-state index contributed by atoms with van der Waals surface area (Å²) in [4.78, 5) is 23.1. The molecule has 0 heterocycles. The quantitative estimate of drug-likeness (QED) is 0.747. The van der Waals surface area contributed by atoms with E-state index in [4.69, 9.17) is 4.74 Å². The molecule has 1 amide bonds. The molecule has 112 valence electrons. The molecule has 0 aromatic heterocycles. The van der Waals surface area contributed by atoms with Gasteiger partial charge in [0.1, 0.15) is 5.60 Å². The second-order valence-electron chi connectivity index (χ2n) is 5.94. The summed E-state index contributed by atoms with van der Waals surface area (Å²) in [5.41, 5.74) is -1.47. The first kappa shape index (κ1) is 17.7. The first-order valence-electron chi connectivity index (χ1n) is 6.87. The summed E-state index contributed by atoms with van der Waals surface area (Å²) in [7, 11) is 0. The number of aliphatic carboxylic acids is 1. The molecule has 19 heavy (non-hydrogen) atoms. The van der Waals surface area contributed by atoms with E-state index in [0.29, 0.717) is 12.8 Å². The van der Waals surface area contributed by atoms with Crippen LogP contribution in [-0.4, -0.2) is 29.3 Å². The standard InChI is InChI=1S/C14H27NO4/c1-6-8-14(9-7-2,11(16)17)10-15-12(18)19-13(3,4)5/h6-10H2,1-5H3,(H,15,18)(H,16,17). The number of carbonyl (C=O) groups is 2. The maximum atomic E-state index is 11.6. The SMILES string of the molecule is CCCC(CCC)(CNC(=O)OC(C)(C)C)C(=O)O. The van der Waals surface area contributed by atoms with Crippen molar-refractivity contribution in [1.82, 2.24) is 5.32 Å². The Bertz CT molecular complexity index is 301. The van der Waals surface area contributed by atoms with Gasteiger partial charge in [-0.2, -0.15) is 0 Å². The lowest BCUT2D eigenvalue weighted by Gasteiger charge is -2.29. The third-order valence-electron chi connectivity index (χ3n) is 2.88. The second-order valence-corrected chi connectivity index (χ2v) is 5.94. The normalized spacial score (nSPS) is 12.1. The smallest absolute Gasteiger partial charge is 0.407 e. The molecular weight excluding hydrogens is 246 g/mol. The Kier molecular flexibility index (Phi) is 6.87. The van der Waals surface area contributed by atoms with Crippen LogP contribution >= 0.6 is 0 Å². The summed E-state index contributed by atoms with van der Waals surface area (Å²) in [6, 6.07) is 0. The van der Waals surface area contributed by atoms with Gasteiger partial charge in [0.25, 0.3) is 0 Å². The second kappa shape index (κ2) is 7.36. The van der Waals surface area contributed by atoms with Crippen LogP contribution < -0.4 is 5.32 Å². The highest BCUT2D eigenvalue weighted by molar-refractivity contribution is 5.76. The Balaban J connectivity index is 4.65. The number of amides is 1. The van der Waals surface area contributed by atoms with Crippen molar-refractivity contribution in [2.45, 2.75) is 65.9 Å². The molecule has 0 aliphatic carbocycles. The van der Waals surface area contributed by atoms with Gasteiger partial charge in [-0.05, 0) is 33.6 Å². The molecule has 0 fully saturated rings. The predicted molar refractivity (Wildman–Crippen MR) is 74.1 cm³/mol.